The van der Waals surface area contributed by atoms with Crippen LogP contribution in [-0.4, -0.2) is 21.8 Å². The van der Waals surface area contributed by atoms with E-state index in [1.165, 1.54) is 12.1 Å². The number of hydrogen-bond acceptors (Lipinski definition) is 2. The monoisotopic (exact) mass is 306 g/mol. The quantitative estimate of drug-likeness (QED) is 0.695. The number of alkyl halides is 3. The van der Waals surface area contributed by atoms with Crippen LogP contribution in [-0.2, 0) is 21.4 Å². The maximum absolute atomic E-state index is 12.6. The first-order valence-electron chi connectivity index (χ1n) is 6.75. The lowest BCUT2D eigenvalue weighted by Crippen LogP contribution is -2.39. The summed E-state index contributed by atoms with van der Waals surface area (Å²) in [4.78, 5) is 0. The molecule has 2 nitrogen and oxygen atoms in total. The summed E-state index contributed by atoms with van der Waals surface area (Å²) in [5.41, 5.74) is 0.0594. The molecule has 0 fully saturated rings. The first-order valence-corrected chi connectivity index (χ1v) is 9.27. The molecule has 0 aliphatic heterocycles. The second-order valence-electron chi connectivity index (χ2n) is 4.70. The molecule has 1 aromatic rings. The van der Waals surface area contributed by atoms with Gasteiger partial charge >= 0.3 is 14.7 Å². The van der Waals surface area contributed by atoms with Crippen molar-refractivity contribution in [2.75, 3.05) is 13.2 Å². The highest BCUT2D eigenvalue weighted by Crippen LogP contribution is 2.30. The van der Waals surface area contributed by atoms with E-state index in [1.54, 1.807) is 6.07 Å². The van der Waals surface area contributed by atoms with Crippen LogP contribution in [0.5, 0.6) is 0 Å². The zero-order chi connectivity index (χ0) is 15.2. The van der Waals surface area contributed by atoms with Crippen LogP contribution in [0.15, 0.2) is 24.3 Å². The highest BCUT2D eigenvalue weighted by atomic mass is 28.4. The summed E-state index contributed by atoms with van der Waals surface area (Å²) in [6, 6.07) is 6.09. The van der Waals surface area contributed by atoms with Crippen molar-refractivity contribution in [2.45, 2.75) is 39.0 Å². The van der Waals surface area contributed by atoms with Crippen LogP contribution in [0.4, 0.5) is 13.2 Å². The second kappa shape index (κ2) is 7.24. The van der Waals surface area contributed by atoms with Gasteiger partial charge in [-0.1, -0.05) is 18.2 Å². The van der Waals surface area contributed by atoms with Gasteiger partial charge in [0.25, 0.3) is 0 Å². The molecule has 1 rings (SSSR count). The van der Waals surface area contributed by atoms with Crippen LogP contribution < -0.4 is 0 Å². The van der Waals surface area contributed by atoms with E-state index in [0.29, 0.717) is 31.2 Å². The van der Waals surface area contributed by atoms with E-state index in [0.717, 1.165) is 6.07 Å². The molecule has 0 bridgehead atoms. The minimum atomic E-state index is -4.30. The van der Waals surface area contributed by atoms with Gasteiger partial charge in [-0.25, -0.2) is 0 Å². The van der Waals surface area contributed by atoms with Crippen LogP contribution in [0.1, 0.15) is 25.0 Å². The van der Waals surface area contributed by atoms with E-state index < -0.39 is 20.3 Å². The van der Waals surface area contributed by atoms with Gasteiger partial charge in [0.1, 0.15) is 0 Å². The number of hydrogen-bond donors (Lipinski definition) is 0. The summed E-state index contributed by atoms with van der Waals surface area (Å²) in [5, 5.41) is 0. The Morgan fingerprint density at radius 1 is 1.10 bits per heavy atom. The molecule has 0 heterocycles. The fourth-order valence-electron chi connectivity index (χ4n) is 2.07. The van der Waals surface area contributed by atoms with Crippen molar-refractivity contribution >= 4 is 8.56 Å². The molecule has 0 N–H and O–H groups in total. The molecule has 0 aliphatic carbocycles. The van der Waals surface area contributed by atoms with Crippen LogP contribution in [0.25, 0.3) is 0 Å². The average molecular weight is 306 g/mol. The van der Waals surface area contributed by atoms with Crippen LogP contribution in [0.2, 0.25) is 12.6 Å². The zero-order valence-electron chi connectivity index (χ0n) is 12.1. The van der Waals surface area contributed by atoms with Gasteiger partial charge in [0.15, 0.2) is 0 Å². The molecule has 0 saturated heterocycles. The van der Waals surface area contributed by atoms with E-state index in [4.69, 9.17) is 8.85 Å². The lowest BCUT2D eigenvalue weighted by atomic mass is 10.1. The van der Waals surface area contributed by atoms with E-state index in [9.17, 15) is 13.2 Å². The van der Waals surface area contributed by atoms with Crippen LogP contribution >= 0.6 is 0 Å². The maximum Gasteiger partial charge on any atom is 0.416 e. The third-order valence-electron chi connectivity index (χ3n) is 3.02. The Morgan fingerprint density at radius 3 is 2.20 bits per heavy atom. The molecule has 0 atom stereocenters. The van der Waals surface area contributed by atoms with Crippen molar-refractivity contribution in [2.24, 2.45) is 0 Å². The molecule has 0 aliphatic rings. The Balaban J connectivity index is 2.73. The Labute approximate surface area is 119 Å². The molecule has 0 saturated carbocycles. The minimum Gasteiger partial charge on any atom is -0.395 e. The molecule has 6 heteroatoms. The van der Waals surface area contributed by atoms with Crippen molar-refractivity contribution in [1.82, 2.24) is 0 Å². The Bertz CT molecular complexity index is 415. The predicted octanol–water partition coefficient (Wildman–Crippen LogP) is 4.39. The third kappa shape index (κ3) is 5.26. The van der Waals surface area contributed by atoms with Gasteiger partial charge in [-0.15, -0.1) is 0 Å². The van der Waals surface area contributed by atoms with E-state index in [-0.39, 0.29) is 0 Å². The van der Waals surface area contributed by atoms with Gasteiger partial charge in [0.2, 0.25) is 0 Å². The molecule has 0 unspecified atom stereocenters. The first kappa shape index (κ1) is 17.2. The average Bonchev–Trinajstić information content (AvgIpc) is 2.36. The molecule has 0 radical (unpaired) electrons. The van der Waals surface area contributed by atoms with Gasteiger partial charge < -0.3 is 8.85 Å². The van der Waals surface area contributed by atoms with Gasteiger partial charge in [0, 0.05) is 13.2 Å². The summed E-state index contributed by atoms with van der Waals surface area (Å²) in [6.45, 7) is 6.87. The Hall–Kier alpha value is -0.853. The number of aryl methyl sites for hydroxylation is 1. The topological polar surface area (TPSA) is 18.5 Å². The number of halogens is 3. The Morgan fingerprint density at radius 2 is 1.70 bits per heavy atom. The van der Waals surface area contributed by atoms with Gasteiger partial charge in [-0.05, 0) is 44.5 Å². The highest BCUT2D eigenvalue weighted by Gasteiger charge is 2.32. The summed E-state index contributed by atoms with van der Waals surface area (Å²) in [7, 11) is -2.28. The van der Waals surface area contributed by atoms with Crippen molar-refractivity contribution in [3.63, 3.8) is 0 Å². The molecule has 0 amide bonds. The summed E-state index contributed by atoms with van der Waals surface area (Å²) < 4.78 is 49.3. The minimum absolute atomic E-state index is 0.534. The summed E-state index contributed by atoms with van der Waals surface area (Å²) >= 11 is 0. The summed E-state index contributed by atoms with van der Waals surface area (Å²) in [5.74, 6) is 0. The van der Waals surface area contributed by atoms with E-state index in [2.05, 4.69) is 0 Å². The van der Waals surface area contributed by atoms with Crippen molar-refractivity contribution < 1.29 is 22.0 Å². The highest BCUT2D eigenvalue weighted by molar-refractivity contribution is 6.66. The van der Waals surface area contributed by atoms with E-state index in [1.807, 2.05) is 20.4 Å². The van der Waals surface area contributed by atoms with Crippen molar-refractivity contribution in [3.8, 4) is 0 Å². The largest absolute Gasteiger partial charge is 0.416 e. The van der Waals surface area contributed by atoms with Crippen LogP contribution in [0.3, 0.4) is 0 Å². The molecular formula is C14H21F3O2Si. The van der Waals surface area contributed by atoms with Crippen LogP contribution in [0, 0.1) is 0 Å². The second-order valence-corrected chi connectivity index (χ2v) is 8.04. The zero-order valence-corrected chi connectivity index (χ0v) is 13.1. The smallest absolute Gasteiger partial charge is 0.395 e. The molecule has 1 aromatic carbocycles. The Kier molecular flexibility index (Phi) is 6.23. The maximum atomic E-state index is 12.6. The van der Waals surface area contributed by atoms with Crippen molar-refractivity contribution in [3.05, 3.63) is 35.4 Å². The first-order chi connectivity index (χ1) is 9.30. The van der Waals surface area contributed by atoms with Crippen molar-refractivity contribution in [1.29, 1.82) is 0 Å². The lowest BCUT2D eigenvalue weighted by molar-refractivity contribution is -0.137. The molecule has 20 heavy (non-hydrogen) atoms. The lowest BCUT2D eigenvalue weighted by Gasteiger charge is -2.26. The molecule has 0 spiro atoms. The fraction of sp³-hybridized carbons (Fsp3) is 0.571. The van der Waals surface area contributed by atoms with Gasteiger partial charge in [0.05, 0.1) is 5.56 Å². The molecule has 114 valence electrons. The molecular weight excluding hydrogens is 285 g/mol. The number of benzene rings is 1. The normalized spacial score (nSPS) is 12.7. The molecule has 0 aromatic heterocycles. The van der Waals surface area contributed by atoms with Gasteiger partial charge in [-0.3, -0.25) is 0 Å². The van der Waals surface area contributed by atoms with E-state index >= 15 is 0 Å². The standard InChI is InChI=1S/C14H21F3O2Si/c1-4-18-20(3,19-5-2)10-9-12-7-6-8-13(11-12)14(15,16)17/h6-8,11H,4-5,9-10H2,1-3H3. The summed E-state index contributed by atoms with van der Waals surface area (Å²) in [6.07, 6.45) is -3.76. The number of rotatable bonds is 7. The predicted molar refractivity (Wildman–Crippen MR) is 74.8 cm³/mol. The third-order valence-corrected chi connectivity index (χ3v) is 5.98. The van der Waals surface area contributed by atoms with Gasteiger partial charge in [-0.2, -0.15) is 13.2 Å². The fourth-order valence-corrected chi connectivity index (χ4v) is 4.41. The SMILES string of the molecule is CCO[Si](C)(CCc1cccc(C(F)(F)F)c1)OCC.